The van der Waals surface area contributed by atoms with E-state index in [0.717, 1.165) is 17.7 Å². The maximum Gasteiger partial charge on any atom is 0.0147 e. The average molecular weight is 244 g/mol. The molecule has 1 unspecified atom stereocenters. The lowest BCUT2D eigenvalue weighted by Crippen LogP contribution is -2.37. The third-order valence-electron chi connectivity index (χ3n) is 2.96. The van der Waals surface area contributed by atoms with Gasteiger partial charge in [0.05, 0.1) is 0 Å². The first-order valence-electron chi connectivity index (χ1n) is 6.73. The fourth-order valence-electron chi connectivity index (χ4n) is 2.07. The molecule has 0 aromatic carbocycles. The molecule has 96 valence electrons. The van der Waals surface area contributed by atoms with Crippen LogP contribution in [0.5, 0.6) is 0 Å². The highest BCUT2D eigenvalue weighted by Gasteiger charge is 2.15. The summed E-state index contributed by atoms with van der Waals surface area (Å²) in [6, 6.07) is 0. The SMILES string of the molecule is CC(C)CNCCCCN1CCSC(C)C1. The van der Waals surface area contributed by atoms with Crippen molar-refractivity contribution in [2.75, 3.05) is 38.5 Å². The minimum atomic E-state index is 0.778. The summed E-state index contributed by atoms with van der Waals surface area (Å²) in [6.07, 6.45) is 2.67. The summed E-state index contributed by atoms with van der Waals surface area (Å²) in [4.78, 5) is 2.63. The van der Waals surface area contributed by atoms with Gasteiger partial charge in [0.25, 0.3) is 0 Å². The van der Waals surface area contributed by atoms with E-state index in [1.807, 2.05) is 0 Å². The van der Waals surface area contributed by atoms with E-state index in [0.29, 0.717) is 0 Å². The van der Waals surface area contributed by atoms with Gasteiger partial charge in [0, 0.05) is 24.1 Å². The monoisotopic (exact) mass is 244 g/mol. The molecule has 1 rings (SSSR count). The Labute approximate surface area is 106 Å². The summed E-state index contributed by atoms with van der Waals surface area (Å²) >= 11 is 2.12. The zero-order valence-corrected chi connectivity index (χ0v) is 12.0. The van der Waals surface area contributed by atoms with Gasteiger partial charge in [-0.05, 0) is 38.4 Å². The van der Waals surface area contributed by atoms with Gasteiger partial charge in [-0.3, -0.25) is 0 Å². The van der Waals surface area contributed by atoms with Crippen LogP contribution in [0.25, 0.3) is 0 Å². The summed E-state index contributed by atoms with van der Waals surface area (Å²) in [5, 5.41) is 4.35. The Morgan fingerprint density at radius 3 is 2.88 bits per heavy atom. The first kappa shape index (κ1) is 14.3. The molecule has 2 nitrogen and oxygen atoms in total. The third-order valence-corrected chi connectivity index (χ3v) is 4.09. The Bertz CT molecular complexity index is 173. The van der Waals surface area contributed by atoms with Gasteiger partial charge < -0.3 is 10.2 Å². The summed E-state index contributed by atoms with van der Waals surface area (Å²) < 4.78 is 0. The van der Waals surface area contributed by atoms with Crippen molar-refractivity contribution in [1.29, 1.82) is 0 Å². The Hall–Kier alpha value is 0.270. The molecule has 0 aliphatic carbocycles. The van der Waals surface area contributed by atoms with Crippen LogP contribution in [0.4, 0.5) is 0 Å². The van der Waals surface area contributed by atoms with Gasteiger partial charge in [0.15, 0.2) is 0 Å². The van der Waals surface area contributed by atoms with Crippen molar-refractivity contribution in [2.24, 2.45) is 5.92 Å². The highest BCUT2D eigenvalue weighted by atomic mass is 32.2. The van der Waals surface area contributed by atoms with Crippen molar-refractivity contribution in [3.8, 4) is 0 Å². The quantitative estimate of drug-likeness (QED) is 0.693. The molecule has 1 atom stereocenters. The van der Waals surface area contributed by atoms with E-state index in [4.69, 9.17) is 0 Å². The van der Waals surface area contributed by atoms with Gasteiger partial charge in [-0.2, -0.15) is 11.8 Å². The van der Waals surface area contributed by atoms with Crippen molar-refractivity contribution in [3.63, 3.8) is 0 Å². The van der Waals surface area contributed by atoms with E-state index in [2.05, 4.69) is 42.7 Å². The van der Waals surface area contributed by atoms with Gasteiger partial charge in [-0.1, -0.05) is 20.8 Å². The molecular formula is C13H28N2S. The Morgan fingerprint density at radius 2 is 2.19 bits per heavy atom. The Balaban J connectivity index is 1.90. The fraction of sp³-hybridized carbons (Fsp3) is 1.00. The van der Waals surface area contributed by atoms with E-state index in [-0.39, 0.29) is 0 Å². The minimum Gasteiger partial charge on any atom is -0.316 e. The molecule has 1 aliphatic rings. The first-order chi connectivity index (χ1) is 7.68. The number of hydrogen-bond acceptors (Lipinski definition) is 3. The van der Waals surface area contributed by atoms with E-state index < -0.39 is 0 Å². The lowest BCUT2D eigenvalue weighted by atomic mass is 10.2. The van der Waals surface area contributed by atoms with Crippen molar-refractivity contribution in [2.45, 2.75) is 38.9 Å². The van der Waals surface area contributed by atoms with Crippen molar-refractivity contribution < 1.29 is 0 Å². The van der Waals surface area contributed by atoms with Crippen molar-refractivity contribution >= 4 is 11.8 Å². The summed E-state index contributed by atoms with van der Waals surface area (Å²) in [5.74, 6) is 2.10. The summed E-state index contributed by atoms with van der Waals surface area (Å²) in [6.45, 7) is 13.1. The highest BCUT2D eigenvalue weighted by Crippen LogP contribution is 2.17. The molecular weight excluding hydrogens is 216 g/mol. The van der Waals surface area contributed by atoms with Crippen molar-refractivity contribution in [3.05, 3.63) is 0 Å². The average Bonchev–Trinajstić information content (AvgIpc) is 2.23. The fourth-order valence-corrected chi connectivity index (χ4v) is 3.15. The molecule has 16 heavy (non-hydrogen) atoms. The molecule has 0 bridgehead atoms. The van der Waals surface area contributed by atoms with Gasteiger partial charge in [0.2, 0.25) is 0 Å². The smallest absolute Gasteiger partial charge is 0.0147 e. The summed E-state index contributed by atoms with van der Waals surface area (Å²) in [7, 11) is 0. The van der Waals surface area contributed by atoms with Crippen LogP contribution in [0, 0.1) is 5.92 Å². The van der Waals surface area contributed by atoms with E-state index >= 15 is 0 Å². The largest absolute Gasteiger partial charge is 0.316 e. The molecule has 1 heterocycles. The molecule has 0 spiro atoms. The lowest BCUT2D eigenvalue weighted by molar-refractivity contribution is 0.279. The molecule has 0 aromatic heterocycles. The number of hydrogen-bond donors (Lipinski definition) is 1. The maximum absolute atomic E-state index is 3.51. The van der Waals surface area contributed by atoms with E-state index in [1.165, 1.54) is 44.8 Å². The van der Waals surface area contributed by atoms with Gasteiger partial charge in [0.1, 0.15) is 0 Å². The van der Waals surface area contributed by atoms with Crippen LogP contribution in [-0.2, 0) is 0 Å². The van der Waals surface area contributed by atoms with Gasteiger partial charge >= 0.3 is 0 Å². The predicted octanol–water partition coefficient (Wildman–Crippen LogP) is 2.45. The Morgan fingerprint density at radius 1 is 1.38 bits per heavy atom. The van der Waals surface area contributed by atoms with Gasteiger partial charge in [-0.15, -0.1) is 0 Å². The second-order valence-corrected chi connectivity index (χ2v) is 6.83. The van der Waals surface area contributed by atoms with Crippen LogP contribution in [0.2, 0.25) is 0 Å². The second kappa shape index (κ2) is 8.37. The van der Waals surface area contributed by atoms with Crippen LogP contribution >= 0.6 is 11.8 Å². The zero-order chi connectivity index (χ0) is 11.8. The number of unbranched alkanes of at least 4 members (excludes halogenated alkanes) is 1. The molecule has 1 saturated heterocycles. The van der Waals surface area contributed by atoms with Crippen LogP contribution in [-0.4, -0.2) is 48.6 Å². The molecule has 1 N–H and O–H groups in total. The molecule has 1 fully saturated rings. The van der Waals surface area contributed by atoms with Gasteiger partial charge in [-0.25, -0.2) is 0 Å². The molecule has 0 aromatic rings. The predicted molar refractivity (Wildman–Crippen MR) is 75.3 cm³/mol. The lowest BCUT2D eigenvalue weighted by Gasteiger charge is -2.30. The van der Waals surface area contributed by atoms with Crippen molar-refractivity contribution in [1.82, 2.24) is 10.2 Å². The number of nitrogens with one attached hydrogen (secondary N) is 1. The molecule has 1 aliphatic heterocycles. The number of thioether (sulfide) groups is 1. The Kier molecular flexibility index (Phi) is 7.50. The molecule has 0 radical (unpaired) electrons. The number of nitrogens with zero attached hydrogens (tertiary/aromatic N) is 1. The van der Waals surface area contributed by atoms with Crippen LogP contribution in [0.3, 0.4) is 0 Å². The standard InChI is InChI=1S/C13H28N2S/c1-12(2)10-14-6-4-5-7-15-8-9-16-13(3)11-15/h12-14H,4-11H2,1-3H3. The third kappa shape index (κ3) is 6.77. The minimum absolute atomic E-state index is 0.778. The van der Waals surface area contributed by atoms with Crippen LogP contribution in [0.15, 0.2) is 0 Å². The maximum atomic E-state index is 3.51. The number of rotatable bonds is 7. The molecule has 0 saturated carbocycles. The van der Waals surface area contributed by atoms with Crippen LogP contribution < -0.4 is 5.32 Å². The van der Waals surface area contributed by atoms with E-state index in [1.54, 1.807) is 0 Å². The normalized spacial score (nSPS) is 22.9. The molecule has 3 heteroatoms. The second-order valence-electron chi connectivity index (χ2n) is 5.29. The zero-order valence-electron chi connectivity index (χ0n) is 11.2. The summed E-state index contributed by atoms with van der Waals surface area (Å²) in [5.41, 5.74) is 0. The van der Waals surface area contributed by atoms with E-state index in [9.17, 15) is 0 Å². The molecule has 0 amide bonds. The van der Waals surface area contributed by atoms with Crippen LogP contribution in [0.1, 0.15) is 33.6 Å². The highest BCUT2D eigenvalue weighted by molar-refractivity contribution is 7.99. The topological polar surface area (TPSA) is 15.3 Å². The first-order valence-corrected chi connectivity index (χ1v) is 7.78.